The minimum Gasteiger partial charge on any atom is -0.481 e. The van der Waals surface area contributed by atoms with Crippen molar-refractivity contribution in [3.05, 3.63) is 0 Å². The molecule has 5 nitrogen and oxygen atoms in total. The number of hydrogen-bond acceptors (Lipinski definition) is 3. The maximum absolute atomic E-state index is 11.2. The summed E-state index contributed by atoms with van der Waals surface area (Å²) in [5.41, 5.74) is 0. The predicted octanol–water partition coefficient (Wildman–Crippen LogP) is 2.11. The van der Waals surface area contributed by atoms with Crippen molar-refractivity contribution in [2.45, 2.75) is 39.0 Å². The summed E-state index contributed by atoms with van der Waals surface area (Å²) in [4.78, 5) is 23.0. The Labute approximate surface area is 96.4 Å². The molecule has 0 atom stereocenters. The molecule has 0 heterocycles. The monoisotopic (exact) mass is 231 g/mol. The maximum Gasteiger partial charge on any atom is 0.409 e. The molecule has 0 aliphatic heterocycles. The summed E-state index contributed by atoms with van der Waals surface area (Å²) in [6, 6.07) is 0. The van der Waals surface area contributed by atoms with Gasteiger partial charge in [-0.05, 0) is 19.8 Å². The smallest absolute Gasteiger partial charge is 0.409 e. The summed E-state index contributed by atoms with van der Waals surface area (Å²) in [5.74, 6) is -0.747. The fraction of sp³-hybridized carbons (Fsp3) is 0.818. The number of amides is 1. The standard InChI is InChI=1S/C11H21NO4/c1-3-16-11(15)12(2)9-7-5-4-6-8-10(13)14/h3-9H2,1-2H3,(H,13,14). The van der Waals surface area contributed by atoms with Crippen molar-refractivity contribution in [2.24, 2.45) is 0 Å². The molecule has 0 fully saturated rings. The quantitative estimate of drug-likeness (QED) is 0.650. The molecule has 0 aromatic carbocycles. The van der Waals surface area contributed by atoms with Crippen molar-refractivity contribution in [3.63, 3.8) is 0 Å². The van der Waals surface area contributed by atoms with E-state index in [1.807, 2.05) is 0 Å². The van der Waals surface area contributed by atoms with E-state index in [0.717, 1.165) is 19.3 Å². The lowest BCUT2D eigenvalue weighted by atomic mass is 10.1. The molecule has 5 heteroatoms. The molecule has 0 aromatic rings. The van der Waals surface area contributed by atoms with Gasteiger partial charge < -0.3 is 14.7 Å². The summed E-state index contributed by atoms with van der Waals surface area (Å²) in [6.45, 7) is 2.82. The van der Waals surface area contributed by atoms with Crippen LogP contribution in [0.25, 0.3) is 0 Å². The van der Waals surface area contributed by atoms with Crippen LogP contribution in [-0.2, 0) is 9.53 Å². The molecule has 0 saturated carbocycles. The molecule has 0 aromatic heterocycles. The van der Waals surface area contributed by atoms with Gasteiger partial charge in [0.25, 0.3) is 0 Å². The van der Waals surface area contributed by atoms with E-state index < -0.39 is 5.97 Å². The number of rotatable bonds is 8. The van der Waals surface area contributed by atoms with E-state index in [-0.39, 0.29) is 12.5 Å². The Morgan fingerprint density at radius 2 is 1.81 bits per heavy atom. The van der Waals surface area contributed by atoms with E-state index in [1.165, 1.54) is 0 Å². The van der Waals surface area contributed by atoms with Gasteiger partial charge in [0.1, 0.15) is 0 Å². The molecule has 0 spiro atoms. The van der Waals surface area contributed by atoms with Gasteiger partial charge in [-0.25, -0.2) is 4.79 Å². The van der Waals surface area contributed by atoms with Gasteiger partial charge in [-0.1, -0.05) is 12.8 Å². The fourth-order valence-corrected chi connectivity index (χ4v) is 1.30. The number of carboxylic acid groups (broad SMARTS) is 1. The first-order valence-electron chi connectivity index (χ1n) is 5.67. The molecule has 94 valence electrons. The molecule has 0 saturated heterocycles. The normalized spacial score (nSPS) is 9.88. The van der Waals surface area contributed by atoms with Crippen LogP contribution >= 0.6 is 0 Å². The van der Waals surface area contributed by atoms with E-state index in [9.17, 15) is 9.59 Å². The Morgan fingerprint density at radius 1 is 1.19 bits per heavy atom. The highest BCUT2D eigenvalue weighted by molar-refractivity contribution is 5.67. The molecule has 0 rings (SSSR count). The summed E-state index contributed by atoms with van der Waals surface area (Å²) in [6.07, 6.45) is 3.36. The SMILES string of the molecule is CCOC(=O)N(C)CCCCCCC(=O)O. The minimum atomic E-state index is -0.747. The summed E-state index contributed by atoms with van der Waals surface area (Å²) in [7, 11) is 1.70. The van der Waals surface area contributed by atoms with Crippen molar-refractivity contribution in [2.75, 3.05) is 20.2 Å². The fourth-order valence-electron chi connectivity index (χ4n) is 1.30. The second-order valence-corrected chi connectivity index (χ2v) is 3.68. The number of unbranched alkanes of at least 4 members (excludes halogenated alkanes) is 3. The van der Waals surface area contributed by atoms with Crippen molar-refractivity contribution in [1.82, 2.24) is 4.90 Å². The zero-order valence-corrected chi connectivity index (χ0v) is 10.1. The van der Waals surface area contributed by atoms with E-state index in [4.69, 9.17) is 9.84 Å². The Bertz CT molecular complexity index is 218. The number of carbonyl (C=O) groups excluding carboxylic acids is 1. The van der Waals surface area contributed by atoms with Crippen molar-refractivity contribution in [1.29, 1.82) is 0 Å². The summed E-state index contributed by atoms with van der Waals surface area (Å²) >= 11 is 0. The molecule has 0 aliphatic rings. The topological polar surface area (TPSA) is 66.8 Å². The van der Waals surface area contributed by atoms with Crippen LogP contribution in [0, 0.1) is 0 Å². The number of ether oxygens (including phenoxy) is 1. The van der Waals surface area contributed by atoms with Crippen LogP contribution < -0.4 is 0 Å². The average Bonchev–Trinajstić information content (AvgIpc) is 2.22. The first kappa shape index (κ1) is 14.7. The largest absolute Gasteiger partial charge is 0.481 e. The van der Waals surface area contributed by atoms with Crippen molar-refractivity contribution < 1.29 is 19.4 Å². The van der Waals surface area contributed by atoms with E-state index in [2.05, 4.69) is 0 Å². The van der Waals surface area contributed by atoms with E-state index >= 15 is 0 Å². The van der Waals surface area contributed by atoms with Crippen LogP contribution in [0.1, 0.15) is 39.0 Å². The van der Waals surface area contributed by atoms with Gasteiger partial charge in [0, 0.05) is 20.0 Å². The molecule has 0 radical (unpaired) electrons. The molecule has 0 aliphatic carbocycles. The highest BCUT2D eigenvalue weighted by Gasteiger charge is 2.07. The van der Waals surface area contributed by atoms with E-state index in [0.29, 0.717) is 19.6 Å². The maximum atomic E-state index is 11.2. The van der Waals surface area contributed by atoms with Crippen LogP contribution in [-0.4, -0.2) is 42.3 Å². The lowest BCUT2D eigenvalue weighted by Crippen LogP contribution is -2.28. The Hall–Kier alpha value is -1.26. The van der Waals surface area contributed by atoms with Gasteiger partial charge in [-0.2, -0.15) is 0 Å². The third-order valence-corrected chi connectivity index (χ3v) is 2.21. The minimum absolute atomic E-state index is 0.230. The first-order valence-corrected chi connectivity index (χ1v) is 5.67. The molecule has 1 N–H and O–H groups in total. The highest BCUT2D eigenvalue weighted by Crippen LogP contribution is 2.04. The number of aliphatic carboxylic acids is 1. The molecule has 0 unspecified atom stereocenters. The molecular formula is C11H21NO4. The van der Waals surface area contributed by atoms with Gasteiger partial charge in [-0.15, -0.1) is 0 Å². The van der Waals surface area contributed by atoms with Crippen molar-refractivity contribution in [3.8, 4) is 0 Å². The third-order valence-electron chi connectivity index (χ3n) is 2.21. The van der Waals surface area contributed by atoms with Crippen LogP contribution in [0.2, 0.25) is 0 Å². The molecule has 0 bridgehead atoms. The Kier molecular flexibility index (Phi) is 8.29. The zero-order chi connectivity index (χ0) is 12.4. The van der Waals surface area contributed by atoms with Gasteiger partial charge in [0.05, 0.1) is 6.61 Å². The lowest BCUT2D eigenvalue weighted by molar-refractivity contribution is -0.137. The van der Waals surface area contributed by atoms with Crippen LogP contribution in [0.5, 0.6) is 0 Å². The average molecular weight is 231 g/mol. The summed E-state index contributed by atoms with van der Waals surface area (Å²) < 4.78 is 4.82. The van der Waals surface area contributed by atoms with Crippen LogP contribution in [0.3, 0.4) is 0 Å². The van der Waals surface area contributed by atoms with Crippen molar-refractivity contribution >= 4 is 12.1 Å². The second-order valence-electron chi connectivity index (χ2n) is 3.68. The number of carbonyl (C=O) groups is 2. The predicted molar refractivity (Wildman–Crippen MR) is 60.4 cm³/mol. The second kappa shape index (κ2) is 9.00. The van der Waals surface area contributed by atoms with Crippen LogP contribution in [0.4, 0.5) is 4.79 Å². The third kappa shape index (κ3) is 8.08. The number of nitrogens with zero attached hydrogens (tertiary/aromatic N) is 1. The highest BCUT2D eigenvalue weighted by atomic mass is 16.5. The van der Waals surface area contributed by atoms with Gasteiger partial charge in [0.2, 0.25) is 0 Å². The number of carboxylic acids is 1. The lowest BCUT2D eigenvalue weighted by Gasteiger charge is -2.15. The number of hydrogen-bond donors (Lipinski definition) is 1. The van der Waals surface area contributed by atoms with Gasteiger partial charge in [-0.3, -0.25) is 4.79 Å². The van der Waals surface area contributed by atoms with Gasteiger partial charge >= 0.3 is 12.1 Å². The van der Waals surface area contributed by atoms with E-state index in [1.54, 1.807) is 18.9 Å². The van der Waals surface area contributed by atoms with Crippen LogP contribution in [0.15, 0.2) is 0 Å². The Morgan fingerprint density at radius 3 is 2.38 bits per heavy atom. The molecule has 1 amide bonds. The zero-order valence-electron chi connectivity index (χ0n) is 10.1. The van der Waals surface area contributed by atoms with Gasteiger partial charge in [0.15, 0.2) is 0 Å². The molecular weight excluding hydrogens is 210 g/mol. The first-order chi connectivity index (χ1) is 7.57. The molecule has 16 heavy (non-hydrogen) atoms. The Balaban J connectivity index is 3.37. The summed E-state index contributed by atoms with van der Waals surface area (Å²) in [5, 5.41) is 8.42.